The summed E-state index contributed by atoms with van der Waals surface area (Å²) in [5, 5.41) is 0. The monoisotopic (exact) mass is 286 g/mol. The lowest BCUT2D eigenvalue weighted by atomic mass is 10.1. The topological polar surface area (TPSA) is 18.5 Å². The molecule has 122 valence electrons. The highest BCUT2D eigenvalue weighted by atomic mass is 16.5. The maximum absolute atomic E-state index is 5.48. The Morgan fingerprint density at radius 1 is 0.400 bits per heavy atom. The van der Waals surface area contributed by atoms with Gasteiger partial charge in [-0.25, -0.2) is 0 Å². The average molecular weight is 286 g/mol. The van der Waals surface area contributed by atoms with Gasteiger partial charge in [0.25, 0.3) is 0 Å². The van der Waals surface area contributed by atoms with Gasteiger partial charge in [0.2, 0.25) is 0 Å². The predicted octanol–water partition coefficient (Wildman–Crippen LogP) is 5.74. The summed E-state index contributed by atoms with van der Waals surface area (Å²) in [6.07, 6.45) is 15.9. The first-order valence-corrected chi connectivity index (χ1v) is 9.07. The Hall–Kier alpha value is -0.0800. The van der Waals surface area contributed by atoms with E-state index in [-0.39, 0.29) is 0 Å². The number of rotatable bonds is 17. The summed E-state index contributed by atoms with van der Waals surface area (Å²) in [6, 6.07) is 0. The van der Waals surface area contributed by atoms with Crippen LogP contribution >= 0.6 is 0 Å². The molecule has 0 radical (unpaired) electrons. The molecule has 2 heteroatoms. The fraction of sp³-hybridized carbons (Fsp3) is 1.00. The van der Waals surface area contributed by atoms with Crippen molar-refractivity contribution in [2.75, 3.05) is 26.4 Å². The zero-order chi connectivity index (χ0) is 14.7. The minimum atomic E-state index is 0.934. The van der Waals surface area contributed by atoms with Gasteiger partial charge in [-0.3, -0.25) is 0 Å². The van der Waals surface area contributed by atoms with E-state index in [9.17, 15) is 0 Å². The molecule has 0 rings (SSSR count). The van der Waals surface area contributed by atoms with Gasteiger partial charge in [-0.2, -0.15) is 0 Å². The van der Waals surface area contributed by atoms with E-state index in [1.54, 1.807) is 0 Å². The second-order valence-electron chi connectivity index (χ2n) is 5.76. The molecule has 0 saturated carbocycles. The summed E-state index contributed by atoms with van der Waals surface area (Å²) >= 11 is 0. The van der Waals surface area contributed by atoms with Gasteiger partial charge in [0, 0.05) is 26.4 Å². The lowest BCUT2D eigenvalue weighted by Gasteiger charge is -2.04. The average Bonchev–Trinajstić information content (AvgIpc) is 2.47. The van der Waals surface area contributed by atoms with Crippen molar-refractivity contribution in [2.45, 2.75) is 90.9 Å². The van der Waals surface area contributed by atoms with E-state index in [0.717, 1.165) is 39.3 Å². The van der Waals surface area contributed by atoms with E-state index in [1.807, 2.05) is 0 Å². The van der Waals surface area contributed by atoms with Crippen molar-refractivity contribution >= 4 is 0 Å². The van der Waals surface area contributed by atoms with Crippen molar-refractivity contribution in [2.24, 2.45) is 0 Å². The summed E-state index contributed by atoms with van der Waals surface area (Å²) < 4.78 is 11.0. The van der Waals surface area contributed by atoms with Gasteiger partial charge in [0.15, 0.2) is 0 Å². The van der Waals surface area contributed by atoms with Crippen molar-refractivity contribution in [1.82, 2.24) is 0 Å². The van der Waals surface area contributed by atoms with Gasteiger partial charge in [0.1, 0.15) is 0 Å². The lowest BCUT2D eigenvalue weighted by molar-refractivity contribution is 0.130. The smallest absolute Gasteiger partial charge is 0.0466 e. The standard InChI is InChI=1S/C18H38O2/c1-3-15-19-17-13-11-9-7-5-6-8-10-12-14-18-20-16-4-2/h3-18H2,1-2H3. The molecule has 0 aliphatic rings. The van der Waals surface area contributed by atoms with Crippen molar-refractivity contribution in [3.8, 4) is 0 Å². The molecule has 0 atom stereocenters. The van der Waals surface area contributed by atoms with Crippen LogP contribution in [0.1, 0.15) is 90.9 Å². The Morgan fingerprint density at radius 3 is 1.00 bits per heavy atom. The third-order valence-corrected chi connectivity index (χ3v) is 3.52. The third-order valence-electron chi connectivity index (χ3n) is 3.52. The first kappa shape index (κ1) is 19.9. The van der Waals surface area contributed by atoms with Crippen LogP contribution in [0.15, 0.2) is 0 Å². The molecule has 0 saturated heterocycles. The van der Waals surface area contributed by atoms with Gasteiger partial charge >= 0.3 is 0 Å². The molecule has 0 aliphatic carbocycles. The second-order valence-corrected chi connectivity index (χ2v) is 5.76. The minimum Gasteiger partial charge on any atom is -0.381 e. The highest BCUT2D eigenvalue weighted by Crippen LogP contribution is 2.10. The van der Waals surface area contributed by atoms with Crippen molar-refractivity contribution in [3.63, 3.8) is 0 Å². The summed E-state index contributed by atoms with van der Waals surface area (Å²) in [5.41, 5.74) is 0. The quantitative estimate of drug-likeness (QED) is 0.317. The molecule has 2 nitrogen and oxygen atoms in total. The fourth-order valence-electron chi connectivity index (χ4n) is 2.32. The molecule has 0 N–H and O–H groups in total. The Labute approximate surface area is 127 Å². The molecular formula is C18H38O2. The predicted molar refractivity (Wildman–Crippen MR) is 88.4 cm³/mol. The van der Waals surface area contributed by atoms with Crippen LogP contribution in [0.4, 0.5) is 0 Å². The van der Waals surface area contributed by atoms with Gasteiger partial charge in [0.05, 0.1) is 0 Å². The van der Waals surface area contributed by atoms with E-state index in [1.165, 1.54) is 64.2 Å². The molecule has 0 fully saturated rings. The normalized spacial score (nSPS) is 11.1. The van der Waals surface area contributed by atoms with E-state index >= 15 is 0 Å². The van der Waals surface area contributed by atoms with E-state index < -0.39 is 0 Å². The van der Waals surface area contributed by atoms with Crippen LogP contribution in [0, 0.1) is 0 Å². The first-order chi connectivity index (χ1) is 9.91. The molecule has 0 spiro atoms. The van der Waals surface area contributed by atoms with Crippen LogP contribution in [0.5, 0.6) is 0 Å². The van der Waals surface area contributed by atoms with E-state index in [4.69, 9.17) is 9.47 Å². The molecule has 0 unspecified atom stereocenters. The fourth-order valence-corrected chi connectivity index (χ4v) is 2.32. The molecule has 0 bridgehead atoms. The maximum Gasteiger partial charge on any atom is 0.0466 e. The molecule has 0 aromatic heterocycles. The van der Waals surface area contributed by atoms with Gasteiger partial charge < -0.3 is 9.47 Å². The SMILES string of the molecule is CCCOCCCCCCCCCCCCOCCC. The Bertz CT molecular complexity index is 141. The number of unbranched alkanes of at least 4 members (excludes halogenated alkanes) is 9. The van der Waals surface area contributed by atoms with Crippen LogP contribution < -0.4 is 0 Å². The third kappa shape index (κ3) is 17.9. The Kier molecular flexibility index (Phi) is 18.8. The van der Waals surface area contributed by atoms with E-state index in [2.05, 4.69) is 13.8 Å². The van der Waals surface area contributed by atoms with Gasteiger partial charge in [-0.15, -0.1) is 0 Å². The van der Waals surface area contributed by atoms with Crippen LogP contribution in [-0.2, 0) is 9.47 Å². The first-order valence-electron chi connectivity index (χ1n) is 9.07. The van der Waals surface area contributed by atoms with Gasteiger partial charge in [-0.05, 0) is 25.7 Å². The summed E-state index contributed by atoms with van der Waals surface area (Å²) in [6.45, 7) is 8.13. The highest BCUT2D eigenvalue weighted by Gasteiger charge is 1.94. The second kappa shape index (κ2) is 18.9. The number of ether oxygens (including phenoxy) is 2. The van der Waals surface area contributed by atoms with Crippen LogP contribution in [-0.4, -0.2) is 26.4 Å². The van der Waals surface area contributed by atoms with E-state index in [0.29, 0.717) is 0 Å². The number of hydrogen-bond acceptors (Lipinski definition) is 2. The molecule has 0 aromatic carbocycles. The van der Waals surface area contributed by atoms with Crippen molar-refractivity contribution in [3.05, 3.63) is 0 Å². The minimum absolute atomic E-state index is 0.934. The highest BCUT2D eigenvalue weighted by molar-refractivity contribution is 4.48. The molecule has 0 amide bonds. The molecule has 0 aromatic rings. The van der Waals surface area contributed by atoms with Crippen LogP contribution in [0.2, 0.25) is 0 Å². The zero-order valence-electron chi connectivity index (χ0n) is 14.1. The summed E-state index contributed by atoms with van der Waals surface area (Å²) in [5.74, 6) is 0. The number of hydrogen-bond donors (Lipinski definition) is 0. The summed E-state index contributed by atoms with van der Waals surface area (Å²) in [7, 11) is 0. The summed E-state index contributed by atoms with van der Waals surface area (Å²) in [4.78, 5) is 0. The van der Waals surface area contributed by atoms with Gasteiger partial charge in [-0.1, -0.05) is 65.2 Å². The van der Waals surface area contributed by atoms with Crippen LogP contribution in [0.3, 0.4) is 0 Å². The van der Waals surface area contributed by atoms with Crippen molar-refractivity contribution < 1.29 is 9.47 Å². The molecule has 0 heterocycles. The maximum atomic E-state index is 5.48. The lowest BCUT2D eigenvalue weighted by Crippen LogP contribution is -1.95. The Morgan fingerprint density at radius 2 is 0.700 bits per heavy atom. The molecular weight excluding hydrogens is 248 g/mol. The molecule has 20 heavy (non-hydrogen) atoms. The van der Waals surface area contributed by atoms with Crippen LogP contribution in [0.25, 0.3) is 0 Å². The Balaban J connectivity index is 2.89. The zero-order valence-corrected chi connectivity index (χ0v) is 14.1. The van der Waals surface area contributed by atoms with Crippen molar-refractivity contribution in [1.29, 1.82) is 0 Å². The largest absolute Gasteiger partial charge is 0.381 e. The molecule has 0 aliphatic heterocycles.